The average Bonchev–Trinajstić information content (AvgIpc) is 3.10. The molecule has 0 radical (unpaired) electrons. The lowest BCUT2D eigenvalue weighted by Gasteiger charge is -2.48. The van der Waals surface area contributed by atoms with Crippen LogP contribution in [0.15, 0.2) is 54.7 Å². The van der Waals surface area contributed by atoms with E-state index in [9.17, 15) is 4.79 Å². The summed E-state index contributed by atoms with van der Waals surface area (Å²) in [5, 5.41) is 1.13. The van der Waals surface area contributed by atoms with E-state index in [1.807, 2.05) is 12.3 Å². The smallest absolute Gasteiger partial charge is 0.254 e. The van der Waals surface area contributed by atoms with E-state index in [0.717, 1.165) is 40.7 Å². The molecule has 3 saturated heterocycles. The first-order valence-electron chi connectivity index (χ1n) is 10.3. The molecule has 4 aliphatic rings. The number of nitrogens with zero attached hydrogens (tertiary/aromatic N) is 3. The van der Waals surface area contributed by atoms with Gasteiger partial charge in [0, 0.05) is 41.8 Å². The Morgan fingerprint density at radius 1 is 0.964 bits per heavy atom. The van der Waals surface area contributed by atoms with Gasteiger partial charge in [-0.2, -0.15) is 0 Å². The normalized spacial score (nSPS) is 26.1. The highest BCUT2D eigenvalue weighted by atomic mass is 16.2. The fraction of sp³-hybridized carbons (Fsp3) is 0.333. The fourth-order valence-corrected chi connectivity index (χ4v) is 5.38. The third-order valence-corrected chi connectivity index (χ3v) is 6.91. The third-order valence-electron chi connectivity index (χ3n) is 6.91. The highest BCUT2D eigenvalue weighted by Crippen LogP contribution is 2.37. The molecule has 3 aromatic rings. The van der Waals surface area contributed by atoms with E-state index in [1.54, 1.807) is 0 Å². The van der Waals surface area contributed by atoms with Gasteiger partial charge in [0.15, 0.2) is 0 Å². The molecule has 2 bridgehead atoms. The van der Waals surface area contributed by atoms with E-state index in [4.69, 9.17) is 0 Å². The van der Waals surface area contributed by atoms with Crippen LogP contribution in [0.3, 0.4) is 0 Å². The summed E-state index contributed by atoms with van der Waals surface area (Å²) in [5.41, 5.74) is 5.20. The summed E-state index contributed by atoms with van der Waals surface area (Å²) in [5.74, 6) is 0.883. The molecule has 4 nitrogen and oxygen atoms in total. The third kappa shape index (κ3) is 2.41. The number of hydrogen-bond acceptors (Lipinski definition) is 3. The van der Waals surface area contributed by atoms with Crippen molar-refractivity contribution in [1.82, 2.24) is 14.8 Å². The molecule has 0 N–H and O–H groups in total. The van der Waals surface area contributed by atoms with Crippen LogP contribution in [0.25, 0.3) is 22.0 Å². The Morgan fingerprint density at radius 2 is 1.82 bits per heavy atom. The Morgan fingerprint density at radius 3 is 2.64 bits per heavy atom. The van der Waals surface area contributed by atoms with Crippen LogP contribution in [0.2, 0.25) is 0 Å². The molecule has 3 fully saturated rings. The van der Waals surface area contributed by atoms with Crippen LogP contribution in [-0.2, 0) is 6.54 Å². The molecule has 5 heterocycles. The number of benzene rings is 2. The number of pyridine rings is 1. The number of carbonyl (C=O) groups is 1. The maximum atomic E-state index is 13.3. The number of rotatable bonds is 2. The topological polar surface area (TPSA) is 36.4 Å². The van der Waals surface area contributed by atoms with Crippen LogP contribution in [0.4, 0.5) is 0 Å². The van der Waals surface area contributed by atoms with Crippen LogP contribution < -0.4 is 0 Å². The zero-order chi connectivity index (χ0) is 18.7. The van der Waals surface area contributed by atoms with Gasteiger partial charge in [-0.05, 0) is 55.1 Å². The number of piperidine rings is 3. The standard InChI is InChI=1S/C24H23N3O/c28-24-21-13-18(20-5-1-3-17-4-2-10-25-23(17)20)6-7-19(21)14-27(24)22-15-26-11-8-16(22)9-12-26/h1-7,10,13,16,22H,8-9,11-12,14-15H2. The Labute approximate surface area is 164 Å². The van der Waals surface area contributed by atoms with Crippen molar-refractivity contribution in [2.75, 3.05) is 19.6 Å². The minimum atomic E-state index is 0.212. The molecular weight excluding hydrogens is 346 g/mol. The van der Waals surface area contributed by atoms with Gasteiger partial charge >= 0.3 is 0 Å². The zero-order valence-electron chi connectivity index (χ0n) is 15.8. The molecule has 1 unspecified atom stereocenters. The van der Waals surface area contributed by atoms with E-state index in [-0.39, 0.29) is 5.91 Å². The van der Waals surface area contributed by atoms with E-state index in [0.29, 0.717) is 12.0 Å². The fourth-order valence-electron chi connectivity index (χ4n) is 5.38. The summed E-state index contributed by atoms with van der Waals surface area (Å²) in [6.07, 6.45) is 4.30. The molecule has 7 rings (SSSR count). The molecule has 1 atom stereocenters. The Bertz CT molecular complexity index is 1080. The van der Waals surface area contributed by atoms with Gasteiger partial charge in [-0.1, -0.05) is 36.4 Å². The number of para-hydroxylation sites is 1. The molecule has 28 heavy (non-hydrogen) atoms. The summed E-state index contributed by atoms with van der Waals surface area (Å²) in [7, 11) is 0. The lowest BCUT2D eigenvalue weighted by Crippen LogP contribution is -2.57. The van der Waals surface area contributed by atoms with Crippen molar-refractivity contribution < 1.29 is 4.79 Å². The van der Waals surface area contributed by atoms with Crippen molar-refractivity contribution in [2.24, 2.45) is 5.92 Å². The van der Waals surface area contributed by atoms with E-state index >= 15 is 0 Å². The largest absolute Gasteiger partial charge is 0.330 e. The lowest BCUT2D eigenvalue weighted by atomic mass is 9.83. The van der Waals surface area contributed by atoms with Crippen LogP contribution in [0, 0.1) is 5.92 Å². The monoisotopic (exact) mass is 369 g/mol. The first-order valence-corrected chi connectivity index (χ1v) is 10.3. The molecule has 0 saturated carbocycles. The maximum absolute atomic E-state index is 13.3. The number of carbonyl (C=O) groups excluding carboxylic acids is 1. The molecule has 1 amide bonds. The molecule has 0 spiro atoms. The molecule has 140 valence electrons. The van der Waals surface area contributed by atoms with Crippen LogP contribution in [0.5, 0.6) is 0 Å². The minimum absolute atomic E-state index is 0.212. The summed E-state index contributed by atoms with van der Waals surface area (Å²) in [4.78, 5) is 22.6. The molecule has 4 heteroatoms. The van der Waals surface area contributed by atoms with Crippen LogP contribution in [-0.4, -0.2) is 46.4 Å². The van der Waals surface area contributed by atoms with Crippen molar-refractivity contribution in [3.05, 3.63) is 65.9 Å². The predicted octanol–water partition coefficient (Wildman–Crippen LogP) is 3.95. The number of fused-ring (bicyclic) bond motifs is 5. The Balaban J connectivity index is 1.37. The van der Waals surface area contributed by atoms with Crippen LogP contribution in [0.1, 0.15) is 28.8 Å². The molecule has 1 aromatic heterocycles. The molecular formula is C24H23N3O. The van der Waals surface area contributed by atoms with Crippen molar-refractivity contribution in [2.45, 2.75) is 25.4 Å². The molecule has 4 aliphatic heterocycles. The first kappa shape index (κ1) is 16.3. The van der Waals surface area contributed by atoms with Crippen molar-refractivity contribution in [3.8, 4) is 11.1 Å². The SMILES string of the molecule is O=C1c2cc(-c3cccc4cccnc34)ccc2CN1C1CN2CCC1CC2. The second-order valence-electron chi connectivity index (χ2n) is 8.39. The second-order valence-corrected chi connectivity index (χ2v) is 8.39. The predicted molar refractivity (Wildman–Crippen MR) is 110 cm³/mol. The van der Waals surface area contributed by atoms with Gasteiger partial charge in [0.2, 0.25) is 0 Å². The lowest BCUT2D eigenvalue weighted by molar-refractivity contribution is 0.00846. The number of hydrogen-bond donors (Lipinski definition) is 0. The van der Waals surface area contributed by atoms with Gasteiger partial charge in [0.25, 0.3) is 5.91 Å². The quantitative estimate of drug-likeness (QED) is 0.686. The van der Waals surface area contributed by atoms with Crippen molar-refractivity contribution >= 4 is 16.8 Å². The van der Waals surface area contributed by atoms with Crippen LogP contribution >= 0.6 is 0 Å². The summed E-state index contributed by atoms with van der Waals surface area (Å²) in [6, 6.07) is 17.0. The highest BCUT2D eigenvalue weighted by Gasteiger charge is 2.42. The summed E-state index contributed by atoms with van der Waals surface area (Å²) < 4.78 is 0. The van der Waals surface area contributed by atoms with Gasteiger partial charge < -0.3 is 9.80 Å². The number of aromatic nitrogens is 1. The van der Waals surface area contributed by atoms with E-state index in [2.05, 4.69) is 57.2 Å². The Kier molecular flexibility index (Phi) is 3.57. The molecule has 2 aromatic carbocycles. The zero-order valence-corrected chi connectivity index (χ0v) is 15.8. The Hall–Kier alpha value is -2.72. The van der Waals surface area contributed by atoms with E-state index in [1.165, 1.54) is 31.5 Å². The van der Waals surface area contributed by atoms with Gasteiger partial charge in [0.05, 0.1) is 5.52 Å². The average molecular weight is 369 g/mol. The first-order chi connectivity index (χ1) is 13.8. The van der Waals surface area contributed by atoms with Gasteiger partial charge in [-0.25, -0.2) is 0 Å². The van der Waals surface area contributed by atoms with E-state index < -0.39 is 0 Å². The maximum Gasteiger partial charge on any atom is 0.254 e. The van der Waals surface area contributed by atoms with Crippen molar-refractivity contribution in [3.63, 3.8) is 0 Å². The number of amides is 1. The highest BCUT2D eigenvalue weighted by molar-refractivity contribution is 6.01. The minimum Gasteiger partial charge on any atom is -0.330 e. The summed E-state index contributed by atoms with van der Waals surface area (Å²) in [6.45, 7) is 4.21. The van der Waals surface area contributed by atoms with Gasteiger partial charge in [-0.3, -0.25) is 9.78 Å². The second kappa shape index (κ2) is 6.14. The van der Waals surface area contributed by atoms with Gasteiger partial charge in [0.1, 0.15) is 0 Å². The van der Waals surface area contributed by atoms with Gasteiger partial charge in [-0.15, -0.1) is 0 Å². The summed E-state index contributed by atoms with van der Waals surface area (Å²) >= 11 is 0. The van der Waals surface area contributed by atoms with Crippen molar-refractivity contribution in [1.29, 1.82) is 0 Å². The molecule has 0 aliphatic carbocycles.